The summed E-state index contributed by atoms with van der Waals surface area (Å²) in [4.78, 5) is 8.37. The van der Waals surface area contributed by atoms with Crippen LogP contribution in [0.1, 0.15) is 18.3 Å². The molecular weight excluding hydrogens is 200 g/mol. The minimum atomic E-state index is -0.977. The molecule has 0 aromatic carbocycles. The van der Waals surface area contributed by atoms with Gasteiger partial charge in [0, 0.05) is 24.5 Å². The van der Waals surface area contributed by atoms with Gasteiger partial charge in [-0.2, -0.15) is 0 Å². The molecule has 1 unspecified atom stereocenters. The van der Waals surface area contributed by atoms with E-state index < -0.39 is 5.60 Å². The zero-order valence-electron chi connectivity index (χ0n) is 9.17. The Balaban J connectivity index is 2.21. The lowest BCUT2D eigenvalue weighted by Gasteiger charge is -2.21. The highest BCUT2D eigenvalue weighted by Gasteiger charge is 2.25. The smallest absolute Gasteiger partial charge is 0.109 e. The highest BCUT2D eigenvalue weighted by molar-refractivity contribution is 5.16. The number of aliphatic hydroxyl groups is 1. The Morgan fingerprint density at radius 2 is 1.75 bits per heavy atom. The van der Waals surface area contributed by atoms with E-state index in [0.29, 0.717) is 12.1 Å². The fourth-order valence-corrected chi connectivity index (χ4v) is 1.63. The minimum Gasteiger partial charge on any atom is -0.383 e. The molecule has 0 aliphatic rings. The van der Waals surface area contributed by atoms with Crippen molar-refractivity contribution in [3.63, 3.8) is 0 Å². The van der Waals surface area contributed by atoms with Crippen molar-refractivity contribution < 1.29 is 5.11 Å². The third-order valence-corrected chi connectivity index (χ3v) is 2.47. The molecule has 16 heavy (non-hydrogen) atoms. The molecule has 82 valence electrons. The molecule has 0 saturated heterocycles. The number of hydrogen-bond donors (Lipinski definition) is 1. The average Bonchev–Trinajstić information content (AvgIpc) is 2.31. The first-order chi connectivity index (χ1) is 7.68. The molecule has 0 amide bonds. The fraction of sp³-hybridized carbons (Fsp3) is 0.231. The summed E-state index contributed by atoms with van der Waals surface area (Å²) < 4.78 is 0. The largest absolute Gasteiger partial charge is 0.383 e. The van der Waals surface area contributed by atoms with Gasteiger partial charge in [-0.1, -0.05) is 12.1 Å². The quantitative estimate of drug-likeness (QED) is 0.849. The van der Waals surface area contributed by atoms with E-state index in [1.54, 1.807) is 19.3 Å². The van der Waals surface area contributed by atoms with Gasteiger partial charge in [0.1, 0.15) is 5.60 Å². The van der Waals surface area contributed by atoms with Crippen molar-refractivity contribution in [3.05, 3.63) is 60.2 Å². The van der Waals surface area contributed by atoms with E-state index >= 15 is 0 Å². The van der Waals surface area contributed by atoms with Gasteiger partial charge in [-0.15, -0.1) is 0 Å². The number of aromatic nitrogens is 2. The van der Waals surface area contributed by atoms with Crippen LogP contribution in [-0.2, 0) is 12.0 Å². The predicted octanol–water partition coefficient (Wildman–Crippen LogP) is 1.93. The SMILES string of the molecule is CC(O)(Cc1ccccn1)c1ccccn1. The van der Waals surface area contributed by atoms with E-state index in [4.69, 9.17) is 0 Å². The van der Waals surface area contributed by atoms with Crippen LogP contribution in [0.3, 0.4) is 0 Å². The van der Waals surface area contributed by atoms with Gasteiger partial charge >= 0.3 is 0 Å². The molecule has 2 aromatic heterocycles. The van der Waals surface area contributed by atoms with Crippen LogP contribution in [0.4, 0.5) is 0 Å². The van der Waals surface area contributed by atoms with Gasteiger partial charge in [0.15, 0.2) is 0 Å². The fourth-order valence-electron chi connectivity index (χ4n) is 1.63. The van der Waals surface area contributed by atoms with Crippen LogP contribution < -0.4 is 0 Å². The molecule has 0 saturated carbocycles. The van der Waals surface area contributed by atoms with Crippen LogP contribution in [-0.4, -0.2) is 15.1 Å². The minimum absolute atomic E-state index is 0.463. The summed E-state index contributed by atoms with van der Waals surface area (Å²) in [5.74, 6) is 0. The summed E-state index contributed by atoms with van der Waals surface area (Å²) in [7, 11) is 0. The molecule has 0 radical (unpaired) electrons. The first-order valence-electron chi connectivity index (χ1n) is 5.22. The van der Waals surface area contributed by atoms with Gasteiger partial charge in [-0.25, -0.2) is 0 Å². The highest BCUT2D eigenvalue weighted by Crippen LogP contribution is 2.22. The maximum Gasteiger partial charge on any atom is 0.109 e. The molecule has 3 nitrogen and oxygen atoms in total. The van der Waals surface area contributed by atoms with Crippen LogP contribution in [0.25, 0.3) is 0 Å². The molecule has 1 N–H and O–H groups in total. The van der Waals surface area contributed by atoms with Crippen molar-refractivity contribution in [3.8, 4) is 0 Å². The zero-order valence-corrected chi connectivity index (χ0v) is 9.17. The second-order valence-corrected chi connectivity index (χ2v) is 3.99. The van der Waals surface area contributed by atoms with E-state index in [2.05, 4.69) is 9.97 Å². The zero-order chi connectivity index (χ0) is 11.4. The summed E-state index contributed by atoms with van der Waals surface area (Å²) in [5.41, 5.74) is 0.550. The number of rotatable bonds is 3. The molecule has 2 heterocycles. The molecule has 0 bridgehead atoms. The standard InChI is InChI=1S/C13H14N2O/c1-13(16,12-7-3-5-9-15-12)10-11-6-2-4-8-14-11/h2-9,16H,10H2,1H3. The van der Waals surface area contributed by atoms with Crippen LogP contribution in [0, 0.1) is 0 Å². The number of hydrogen-bond acceptors (Lipinski definition) is 3. The molecular formula is C13H14N2O. The van der Waals surface area contributed by atoms with Gasteiger partial charge in [0.25, 0.3) is 0 Å². The second kappa shape index (κ2) is 4.41. The summed E-state index contributed by atoms with van der Waals surface area (Å²) in [5, 5.41) is 10.3. The van der Waals surface area contributed by atoms with Gasteiger partial charge in [0.2, 0.25) is 0 Å². The summed E-state index contributed by atoms with van der Waals surface area (Å²) in [6.07, 6.45) is 3.87. The van der Waals surface area contributed by atoms with Crippen LogP contribution in [0.15, 0.2) is 48.8 Å². The maximum atomic E-state index is 10.3. The summed E-state index contributed by atoms with van der Waals surface area (Å²) in [6.45, 7) is 1.75. The van der Waals surface area contributed by atoms with E-state index in [1.165, 1.54) is 0 Å². The van der Waals surface area contributed by atoms with Crippen molar-refractivity contribution in [1.29, 1.82) is 0 Å². The predicted molar refractivity (Wildman–Crippen MR) is 61.7 cm³/mol. The molecule has 0 spiro atoms. The first-order valence-corrected chi connectivity index (χ1v) is 5.22. The molecule has 0 aliphatic carbocycles. The lowest BCUT2D eigenvalue weighted by molar-refractivity contribution is 0.0520. The molecule has 2 aromatic rings. The first kappa shape index (κ1) is 10.8. The molecule has 1 atom stereocenters. The lowest BCUT2D eigenvalue weighted by Crippen LogP contribution is -2.25. The van der Waals surface area contributed by atoms with E-state index in [1.807, 2.05) is 36.4 Å². The molecule has 0 aliphatic heterocycles. The average molecular weight is 214 g/mol. The normalized spacial score (nSPS) is 14.4. The molecule has 3 heteroatoms. The van der Waals surface area contributed by atoms with Crippen molar-refractivity contribution >= 4 is 0 Å². The van der Waals surface area contributed by atoms with Crippen LogP contribution >= 0.6 is 0 Å². The van der Waals surface area contributed by atoms with Gasteiger partial charge in [-0.3, -0.25) is 9.97 Å². The highest BCUT2D eigenvalue weighted by atomic mass is 16.3. The Kier molecular flexibility index (Phi) is 2.97. The third-order valence-electron chi connectivity index (χ3n) is 2.47. The number of nitrogens with zero attached hydrogens (tertiary/aromatic N) is 2. The molecule has 0 fully saturated rings. The summed E-state index contributed by atoms with van der Waals surface area (Å²) >= 11 is 0. The Morgan fingerprint density at radius 3 is 2.31 bits per heavy atom. The van der Waals surface area contributed by atoms with Crippen molar-refractivity contribution in [1.82, 2.24) is 9.97 Å². The summed E-state index contributed by atoms with van der Waals surface area (Å²) in [6, 6.07) is 11.2. The van der Waals surface area contributed by atoms with Crippen LogP contribution in [0.5, 0.6) is 0 Å². The van der Waals surface area contributed by atoms with E-state index in [-0.39, 0.29) is 0 Å². The van der Waals surface area contributed by atoms with Crippen LogP contribution in [0.2, 0.25) is 0 Å². The number of pyridine rings is 2. The second-order valence-electron chi connectivity index (χ2n) is 3.99. The maximum absolute atomic E-state index is 10.3. The third kappa shape index (κ3) is 2.44. The van der Waals surface area contributed by atoms with Crippen molar-refractivity contribution in [2.45, 2.75) is 18.9 Å². The Morgan fingerprint density at radius 1 is 1.06 bits per heavy atom. The Hall–Kier alpha value is -1.74. The molecule has 2 rings (SSSR count). The topological polar surface area (TPSA) is 46.0 Å². The lowest BCUT2D eigenvalue weighted by atomic mass is 9.95. The van der Waals surface area contributed by atoms with Gasteiger partial charge in [-0.05, 0) is 31.2 Å². The van der Waals surface area contributed by atoms with Crippen molar-refractivity contribution in [2.24, 2.45) is 0 Å². The Bertz CT molecular complexity index is 440. The van der Waals surface area contributed by atoms with E-state index in [0.717, 1.165) is 5.69 Å². The Labute approximate surface area is 94.8 Å². The van der Waals surface area contributed by atoms with Gasteiger partial charge < -0.3 is 5.11 Å². The monoisotopic (exact) mass is 214 g/mol. The van der Waals surface area contributed by atoms with Gasteiger partial charge in [0.05, 0.1) is 5.69 Å². The van der Waals surface area contributed by atoms with Crippen molar-refractivity contribution in [2.75, 3.05) is 0 Å². The van der Waals surface area contributed by atoms with E-state index in [9.17, 15) is 5.11 Å².